The molecule has 1 aromatic heterocycles. The Morgan fingerprint density at radius 1 is 1.24 bits per heavy atom. The van der Waals surface area contributed by atoms with Gasteiger partial charge in [0, 0.05) is 57.2 Å². The summed E-state index contributed by atoms with van der Waals surface area (Å²) in [4.78, 5) is 9.20. The number of nitrogens with zero attached hydrogens (tertiary/aromatic N) is 3. The number of nitrogens with one attached hydrogen (secondary N) is 1. The fourth-order valence-corrected chi connectivity index (χ4v) is 2.25. The Kier molecular flexibility index (Phi) is 3.84. The first-order valence-corrected chi connectivity index (χ1v) is 6.33. The summed E-state index contributed by atoms with van der Waals surface area (Å²) in [6.07, 6.45) is 1.87. The van der Waals surface area contributed by atoms with Crippen molar-refractivity contribution in [2.75, 3.05) is 43.4 Å². The van der Waals surface area contributed by atoms with Crippen LogP contribution < -0.4 is 10.2 Å². The molecule has 0 saturated carbocycles. The van der Waals surface area contributed by atoms with E-state index in [9.17, 15) is 0 Å². The number of hydrogen-bond acceptors (Lipinski definition) is 4. The highest BCUT2D eigenvalue weighted by Crippen LogP contribution is 2.19. The molecule has 0 unspecified atom stereocenters. The summed E-state index contributed by atoms with van der Waals surface area (Å²) in [6, 6.07) is 4.86. The topological polar surface area (TPSA) is 31.4 Å². The lowest BCUT2D eigenvalue weighted by molar-refractivity contribution is 0.209. The maximum absolute atomic E-state index is 4.25. The fraction of sp³-hybridized carbons (Fsp3) is 0.615. The first kappa shape index (κ1) is 12.2. The van der Waals surface area contributed by atoms with Crippen LogP contribution in [0.5, 0.6) is 0 Å². The minimum Gasteiger partial charge on any atom is -0.373 e. The molecular weight excluding hydrogens is 212 g/mol. The van der Waals surface area contributed by atoms with Crippen LogP contribution in [0.15, 0.2) is 18.3 Å². The lowest BCUT2D eigenvalue weighted by Gasteiger charge is -2.38. The molecular formula is C13H22N4. The smallest absolute Gasteiger partial charge is 0.127 e. The Morgan fingerprint density at radius 2 is 1.94 bits per heavy atom. The SMILES string of the molecule is CNc1cc(N2CCN(C(C)C)CC2)ccn1. The molecule has 94 valence electrons. The second kappa shape index (κ2) is 5.36. The second-order valence-corrected chi connectivity index (χ2v) is 4.77. The van der Waals surface area contributed by atoms with Crippen molar-refractivity contribution in [3.8, 4) is 0 Å². The number of pyridine rings is 1. The number of rotatable bonds is 3. The van der Waals surface area contributed by atoms with Gasteiger partial charge in [0.2, 0.25) is 0 Å². The number of hydrogen-bond donors (Lipinski definition) is 1. The van der Waals surface area contributed by atoms with Crippen LogP contribution in [0.4, 0.5) is 11.5 Å². The van der Waals surface area contributed by atoms with E-state index in [0.717, 1.165) is 32.0 Å². The fourth-order valence-electron chi connectivity index (χ4n) is 2.25. The predicted molar refractivity (Wildman–Crippen MR) is 72.7 cm³/mol. The summed E-state index contributed by atoms with van der Waals surface area (Å²) in [5, 5.41) is 3.09. The van der Waals surface area contributed by atoms with E-state index in [2.05, 4.69) is 46.1 Å². The zero-order valence-electron chi connectivity index (χ0n) is 11.0. The third-order valence-electron chi connectivity index (χ3n) is 3.41. The summed E-state index contributed by atoms with van der Waals surface area (Å²) >= 11 is 0. The van der Waals surface area contributed by atoms with Gasteiger partial charge >= 0.3 is 0 Å². The highest BCUT2D eigenvalue weighted by atomic mass is 15.3. The van der Waals surface area contributed by atoms with Crippen molar-refractivity contribution in [2.45, 2.75) is 19.9 Å². The summed E-state index contributed by atoms with van der Waals surface area (Å²) in [5.74, 6) is 0.939. The molecule has 17 heavy (non-hydrogen) atoms. The van der Waals surface area contributed by atoms with E-state index in [0.29, 0.717) is 6.04 Å². The molecule has 0 bridgehead atoms. The Bertz CT molecular complexity index is 356. The number of anilines is 2. The van der Waals surface area contributed by atoms with Crippen molar-refractivity contribution in [2.24, 2.45) is 0 Å². The average molecular weight is 234 g/mol. The van der Waals surface area contributed by atoms with Gasteiger partial charge in [-0.15, -0.1) is 0 Å². The van der Waals surface area contributed by atoms with Gasteiger partial charge in [0.1, 0.15) is 5.82 Å². The van der Waals surface area contributed by atoms with Gasteiger partial charge in [-0.05, 0) is 19.9 Å². The second-order valence-electron chi connectivity index (χ2n) is 4.77. The average Bonchev–Trinajstić information content (AvgIpc) is 2.39. The van der Waals surface area contributed by atoms with Crippen molar-refractivity contribution >= 4 is 11.5 Å². The summed E-state index contributed by atoms with van der Waals surface area (Å²) in [6.45, 7) is 9.03. The highest BCUT2D eigenvalue weighted by Gasteiger charge is 2.18. The molecule has 2 heterocycles. The number of piperazine rings is 1. The van der Waals surface area contributed by atoms with Gasteiger partial charge < -0.3 is 10.2 Å². The van der Waals surface area contributed by atoms with Gasteiger partial charge in [-0.3, -0.25) is 4.90 Å². The van der Waals surface area contributed by atoms with Gasteiger partial charge in [-0.2, -0.15) is 0 Å². The highest BCUT2D eigenvalue weighted by molar-refractivity contribution is 5.53. The minimum atomic E-state index is 0.655. The summed E-state index contributed by atoms with van der Waals surface area (Å²) in [7, 11) is 1.91. The molecule has 0 aromatic carbocycles. The molecule has 1 fully saturated rings. The molecule has 0 radical (unpaired) electrons. The molecule has 4 heteroatoms. The molecule has 0 spiro atoms. The first-order valence-electron chi connectivity index (χ1n) is 6.33. The molecule has 1 saturated heterocycles. The monoisotopic (exact) mass is 234 g/mol. The number of aromatic nitrogens is 1. The van der Waals surface area contributed by atoms with Gasteiger partial charge in [-0.25, -0.2) is 4.98 Å². The molecule has 0 aliphatic carbocycles. The van der Waals surface area contributed by atoms with Gasteiger partial charge in [0.05, 0.1) is 0 Å². The van der Waals surface area contributed by atoms with Crippen LogP contribution >= 0.6 is 0 Å². The van der Waals surface area contributed by atoms with E-state index in [1.165, 1.54) is 5.69 Å². The van der Waals surface area contributed by atoms with Gasteiger partial charge in [0.15, 0.2) is 0 Å². The van der Waals surface area contributed by atoms with Crippen molar-refractivity contribution in [3.05, 3.63) is 18.3 Å². The Balaban J connectivity index is 2.00. The third-order valence-corrected chi connectivity index (χ3v) is 3.41. The van der Waals surface area contributed by atoms with Crippen molar-refractivity contribution in [1.82, 2.24) is 9.88 Å². The summed E-state index contributed by atoms with van der Waals surface area (Å²) < 4.78 is 0. The zero-order valence-corrected chi connectivity index (χ0v) is 11.0. The van der Waals surface area contributed by atoms with Gasteiger partial charge in [0.25, 0.3) is 0 Å². The molecule has 1 aromatic rings. The molecule has 4 nitrogen and oxygen atoms in total. The minimum absolute atomic E-state index is 0.655. The Morgan fingerprint density at radius 3 is 2.53 bits per heavy atom. The maximum Gasteiger partial charge on any atom is 0.127 e. The van der Waals surface area contributed by atoms with E-state index < -0.39 is 0 Å². The Labute approximate surface area is 104 Å². The van der Waals surface area contributed by atoms with Crippen LogP contribution in [0.1, 0.15) is 13.8 Å². The van der Waals surface area contributed by atoms with E-state index >= 15 is 0 Å². The molecule has 1 N–H and O–H groups in total. The quantitative estimate of drug-likeness (QED) is 0.862. The first-order chi connectivity index (χ1) is 8.20. The molecule has 0 atom stereocenters. The van der Waals surface area contributed by atoms with Crippen LogP contribution in [0.2, 0.25) is 0 Å². The lowest BCUT2D eigenvalue weighted by atomic mass is 10.2. The summed E-state index contributed by atoms with van der Waals surface area (Å²) in [5.41, 5.74) is 1.27. The Hall–Kier alpha value is -1.29. The molecule has 2 rings (SSSR count). The van der Waals surface area contributed by atoms with E-state index in [-0.39, 0.29) is 0 Å². The third kappa shape index (κ3) is 2.88. The van der Waals surface area contributed by atoms with E-state index in [1.807, 2.05) is 13.2 Å². The zero-order chi connectivity index (χ0) is 12.3. The van der Waals surface area contributed by atoms with Crippen LogP contribution in [-0.4, -0.2) is 49.2 Å². The van der Waals surface area contributed by atoms with Crippen molar-refractivity contribution in [1.29, 1.82) is 0 Å². The van der Waals surface area contributed by atoms with Crippen LogP contribution in [0.3, 0.4) is 0 Å². The van der Waals surface area contributed by atoms with Crippen molar-refractivity contribution in [3.63, 3.8) is 0 Å². The standard InChI is InChI=1S/C13H22N4/c1-11(2)16-6-8-17(9-7-16)12-4-5-15-13(10-12)14-3/h4-5,10-11H,6-9H2,1-3H3,(H,14,15). The largest absolute Gasteiger partial charge is 0.373 e. The van der Waals surface area contributed by atoms with Crippen molar-refractivity contribution < 1.29 is 0 Å². The van der Waals surface area contributed by atoms with Crippen LogP contribution in [-0.2, 0) is 0 Å². The normalized spacial score (nSPS) is 17.5. The van der Waals surface area contributed by atoms with E-state index in [4.69, 9.17) is 0 Å². The van der Waals surface area contributed by atoms with E-state index in [1.54, 1.807) is 0 Å². The van der Waals surface area contributed by atoms with Crippen LogP contribution in [0, 0.1) is 0 Å². The lowest BCUT2D eigenvalue weighted by Crippen LogP contribution is -2.48. The molecule has 0 amide bonds. The molecule has 1 aliphatic heterocycles. The predicted octanol–water partition coefficient (Wildman–Crippen LogP) is 1.65. The van der Waals surface area contributed by atoms with Crippen LogP contribution in [0.25, 0.3) is 0 Å². The molecule has 1 aliphatic rings. The van der Waals surface area contributed by atoms with Gasteiger partial charge in [-0.1, -0.05) is 0 Å². The maximum atomic E-state index is 4.25.